The largest absolute Gasteiger partial charge is 0.338 e. The minimum atomic E-state index is -0.375. The van der Waals surface area contributed by atoms with Crippen LogP contribution in [0, 0.1) is 0 Å². The zero-order chi connectivity index (χ0) is 14.7. The molecule has 0 aliphatic heterocycles. The Balaban J connectivity index is 1.62. The lowest BCUT2D eigenvalue weighted by Crippen LogP contribution is -2.34. The van der Waals surface area contributed by atoms with Gasteiger partial charge >= 0.3 is 0 Å². The lowest BCUT2D eigenvalue weighted by Gasteiger charge is -2.18. The highest BCUT2D eigenvalue weighted by Gasteiger charge is 2.35. The summed E-state index contributed by atoms with van der Waals surface area (Å²) in [7, 11) is 2.05. The van der Waals surface area contributed by atoms with E-state index >= 15 is 0 Å². The van der Waals surface area contributed by atoms with Gasteiger partial charge < -0.3 is 10.3 Å². The van der Waals surface area contributed by atoms with Crippen molar-refractivity contribution in [1.82, 2.24) is 15.0 Å². The summed E-state index contributed by atoms with van der Waals surface area (Å²) in [5.41, 5.74) is 7.24. The lowest BCUT2D eigenvalue weighted by atomic mass is 9.99. The standard InChI is InChI=1S/C16H22N4O/c1-20(11-13-7-3-2-4-8-13)12-14-18-15(19-21-14)16(17)9-5-6-10-16/h2-4,7-8H,5-6,9-12,17H2,1H3. The predicted octanol–water partition coefficient (Wildman–Crippen LogP) is 2.43. The fourth-order valence-corrected chi connectivity index (χ4v) is 2.93. The summed E-state index contributed by atoms with van der Waals surface area (Å²) in [5, 5.41) is 4.09. The first-order chi connectivity index (χ1) is 10.2. The van der Waals surface area contributed by atoms with Gasteiger partial charge in [0.2, 0.25) is 5.89 Å². The summed E-state index contributed by atoms with van der Waals surface area (Å²) in [6.07, 6.45) is 4.19. The van der Waals surface area contributed by atoms with Crippen molar-refractivity contribution in [1.29, 1.82) is 0 Å². The van der Waals surface area contributed by atoms with Crippen LogP contribution in [0.1, 0.15) is 43.0 Å². The highest BCUT2D eigenvalue weighted by atomic mass is 16.5. The van der Waals surface area contributed by atoms with Crippen LogP contribution in [0.3, 0.4) is 0 Å². The molecule has 1 fully saturated rings. The maximum atomic E-state index is 6.35. The van der Waals surface area contributed by atoms with Gasteiger partial charge in [-0.05, 0) is 25.5 Å². The summed E-state index contributed by atoms with van der Waals surface area (Å²) < 4.78 is 5.37. The smallest absolute Gasteiger partial charge is 0.240 e. The van der Waals surface area contributed by atoms with Gasteiger partial charge in [-0.25, -0.2) is 0 Å². The van der Waals surface area contributed by atoms with E-state index in [2.05, 4.69) is 27.2 Å². The Labute approximate surface area is 125 Å². The molecule has 0 saturated heterocycles. The Hall–Kier alpha value is -1.72. The molecule has 3 rings (SSSR count). The molecule has 1 aromatic carbocycles. The molecule has 1 saturated carbocycles. The monoisotopic (exact) mass is 286 g/mol. The third-order valence-corrected chi connectivity index (χ3v) is 4.11. The molecule has 2 N–H and O–H groups in total. The SMILES string of the molecule is CN(Cc1ccccc1)Cc1nc(C2(N)CCCC2)no1. The first kappa shape index (κ1) is 14.2. The molecule has 0 unspecified atom stereocenters. The van der Waals surface area contributed by atoms with Gasteiger partial charge in [-0.15, -0.1) is 0 Å². The topological polar surface area (TPSA) is 68.2 Å². The van der Waals surface area contributed by atoms with Crippen molar-refractivity contribution in [2.24, 2.45) is 5.73 Å². The van der Waals surface area contributed by atoms with Crippen molar-refractivity contribution in [2.45, 2.75) is 44.3 Å². The van der Waals surface area contributed by atoms with E-state index in [1.54, 1.807) is 0 Å². The lowest BCUT2D eigenvalue weighted by molar-refractivity contribution is 0.259. The summed E-state index contributed by atoms with van der Waals surface area (Å²) in [4.78, 5) is 6.66. The molecule has 0 bridgehead atoms. The van der Waals surface area contributed by atoms with E-state index in [0.717, 1.165) is 32.2 Å². The van der Waals surface area contributed by atoms with Crippen LogP contribution >= 0.6 is 0 Å². The van der Waals surface area contributed by atoms with E-state index in [-0.39, 0.29) is 5.54 Å². The molecule has 21 heavy (non-hydrogen) atoms. The molecule has 1 aromatic heterocycles. The molecule has 0 radical (unpaired) electrons. The number of benzene rings is 1. The number of nitrogens with two attached hydrogens (primary N) is 1. The van der Waals surface area contributed by atoms with Crippen molar-refractivity contribution < 1.29 is 4.52 Å². The molecule has 1 heterocycles. The van der Waals surface area contributed by atoms with Crippen molar-refractivity contribution in [3.8, 4) is 0 Å². The Bertz CT molecular complexity index is 575. The molecule has 0 atom stereocenters. The zero-order valence-electron chi connectivity index (χ0n) is 12.5. The number of hydrogen-bond donors (Lipinski definition) is 1. The molecule has 1 aliphatic carbocycles. The molecule has 112 valence electrons. The van der Waals surface area contributed by atoms with Crippen molar-refractivity contribution >= 4 is 0 Å². The van der Waals surface area contributed by atoms with Gasteiger partial charge in [0.1, 0.15) is 0 Å². The van der Waals surface area contributed by atoms with Crippen LogP contribution in [0.2, 0.25) is 0 Å². The van der Waals surface area contributed by atoms with E-state index < -0.39 is 0 Å². The highest BCUT2D eigenvalue weighted by Crippen LogP contribution is 2.34. The summed E-state index contributed by atoms with van der Waals surface area (Å²) in [6, 6.07) is 10.3. The molecule has 2 aromatic rings. The predicted molar refractivity (Wildman–Crippen MR) is 80.2 cm³/mol. The molecular formula is C16H22N4O. The molecule has 5 nitrogen and oxygen atoms in total. The quantitative estimate of drug-likeness (QED) is 0.914. The summed E-state index contributed by atoms with van der Waals surface area (Å²) in [5.74, 6) is 1.31. The van der Waals surface area contributed by atoms with Crippen LogP contribution in [-0.2, 0) is 18.6 Å². The Morgan fingerprint density at radius 1 is 1.19 bits per heavy atom. The minimum absolute atomic E-state index is 0.375. The van der Waals surface area contributed by atoms with Gasteiger partial charge in [-0.2, -0.15) is 4.98 Å². The van der Waals surface area contributed by atoms with Crippen molar-refractivity contribution in [2.75, 3.05) is 7.05 Å². The number of nitrogens with zero attached hydrogens (tertiary/aromatic N) is 3. The van der Waals surface area contributed by atoms with Crippen LogP contribution < -0.4 is 5.73 Å². The van der Waals surface area contributed by atoms with Crippen LogP contribution in [0.4, 0.5) is 0 Å². The summed E-state index contributed by atoms with van der Waals surface area (Å²) >= 11 is 0. The average Bonchev–Trinajstić information content (AvgIpc) is 3.10. The van der Waals surface area contributed by atoms with Crippen molar-refractivity contribution in [3.05, 3.63) is 47.6 Å². The van der Waals surface area contributed by atoms with Crippen LogP contribution in [0.5, 0.6) is 0 Å². The minimum Gasteiger partial charge on any atom is -0.338 e. The fourth-order valence-electron chi connectivity index (χ4n) is 2.93. The van der Waals surface area contributed by atoms with Gasteiger partial charge in [0.05, 0.1) is 12.1 Å². The third kappa shape index (κ3) is 3.31. The van der Waals surface area contributed by atoms with Gasteiger partial charge in [0.15, 0.2) is 5.82 Å². The Kier molecular flexibility index (Phi) is 4.03. The number of rotatable bonds is 5. The molecular weight excluding hydrogens is 264 g/mol. The molecule has 5 heteroatoms. The normalized spacial score (nSPS) is 17.5. The summed E-state index contributed by atoms with van der Waals surface area (Å²) in [6.45, 7) is 1.49. The number of hydrogen-bond acceptors (Lipinski definition) is 5. The van der Waals surface area contributed by atoms with Crippen LogP contribution in [0.25, 0.3) is 0 Å². The highest BCUT2D eigenvalue weighted by molar-refractivity contribution is 5.14. The second-order valence-corrected chi connectivity index (χ2v) is 6.03. The molecule has 1 aliphatic rings. The van der Waals surface area contributed by atoms with E-state index in [1.807, 2.05) is 25.2 Å². The Morgan fingerprint density at radius 2 is 1.90 bits per heavy atom. The van der Waals surface area contributed by atoms with Gasteiger partial charge in [-0.3, -0.25) is 4.90 Å². The van der Waals surface area contributed by atoms with Crippen molar-refractivity contribution in [3.63, 3.8) is 0 Å². The first-order valence-corrected chi connectivity index (χ1v) is 7.50. The van der Waals surface area contributed by atoms with E-state index in [1.165, 1.54) is 5.56 Å². The van der Waals surface area contributed by atoms with E-state index in [9.17, 15) is 0 Å². The van der Waals surface area contributed by atoms with Gasteiger partial charge in [-0.1, -0.05) is 48.3 Å². The second kappa shape index (κ2) is 5.95. The van der Waals surface area contributed by atoms with E-state index in [4.69, 9.17) is 10.3 Å². The fraction of sp³-hybridized carbons (Fsp3) is 0.500. The Morgan fingerprint density at radius 3 is 2.62 bits per heavy atom. The van der Waals surface area contributed by atoms with E-state index in [0.29, 0.717) is 18.3 Å². The van der Waals surface area contributed by atoms with Gasteiger partial charge in [0.25, 0.3) is 0 Å². The number of aromatic nitrogens is 2. The second-order valence-electron chi connectivity index (χ2n) is 6.03. The van der Waals surface area contributed by atoms with Crippen LogP contribution in [0.15, 0.2) is 34.9 Å². The van der Waals surface area contributed by atoms with Gasteiger partial charge in [0, 0.05) is 6.54 Å². The first-order valence-electron chi connectivity index (χ1n) is 7.50. The molecule has 0 amide bonds. The maximum Gasteiger partial charge on any atom is 0.240 e. The van der Waals surface area contributed by atoms with Crippen LogP contribution in [-0.4, -0.2) is 22.1 Å². The third-order valence-electron chi connectivity index (χ3n) is 4.11. The average molecular weight is 286 g/mol. The zero-order valence-corrected chi connectivity index (χ0v) is 12.5. The molecule has 0 spiro atoms. The maximum absolute atomic E-state index is 6.35.